The normalized spacial score (nSPS) is 14.9. The van der Waals surface area contributed by atoms with Crippen LogP contribution in [0.3, 0.4) is 0 Å². The molecule has 0 aromatic heterocycles. The third kappa shape index (κ3) is 14.4. The van der Waals surface area contributed by atoms with Gasteiger partial charge in [0.05, 0.1) is 22.8 Å². The summed E-state index contributed by atoms with van der Waals surface area (Å²) in [6.45, 7) is 1.19. The van der Waals surface area contributed by atoms with Crippen LogP contribution in [0, 0.1) is 0 Å². The van der Waals surface area contributed by atoms with Gasteiger partial charge in [-0.3, -0.25) is 0 Å². The maximum atomic E-state index is 10.7. The molecule has 8 nitrogen and oxygen atoms in total. The number of ether oxygens (including phenoxy) is 1. The van der Waals surface area contributed by atoms with Crippen LogP contribution in [0.4, 0.5) is 0 Å². The first-order valence-electron chi connectivity index (χ1n) is 4.74. The Balaban J connectivity index is -0.00000128. The molecule has 12 heteroatoms. The summed E-state index contributed by atoms with van der Waals surface area (Å²) in [5, 5.41) is 9.10. The Bertz CT molecular complexity index is 420. The minimum absolute atomic E-state index is 0. The van der Waals surface area contributed by atoms with Gasteiger partial charge in [0.25, 0.3) is 0 Å². The van der Waals surface area contributed by atoms with Gasteiger partial charge >= 0.3 is 59.1 Å². The first kappa shape index (κ1) is 25.7. The fourth-order valence-corrected chi connectivity index (χ4v) is 2.19. The Morgan fingerprint density at radius 3 is 1.95 bits per heavy atom. The summed E-state index contributed by atoms with van der Waals surface area (Å²) in [4.78, 5) is 0. The van der Waals surface area contributed by atoms with Gasteiger partial charge in [0, 0.05) is 5.75 Å². The molecule has 0 saturated heterocycles. The second-order valence-electron chi connectivity index (χ2n) is 3.37. The smallest absolute Gasteiger partial charge is 0.748 e. The Morgan fingerprint density at radius 1 is 1.16 bits per heavy atom. The first-order chi connectivity index (χ1) is 7.56. The van der Waals surface area contributed by atoms with Crippen LogP contribution in [0.25, 0.3) is 0 Å². The summed E-state index contributed by atoms with van der Waals surface area (Å²) < 4.78 is 67.6. The standard InChI is InChI=1S/C7H16O8S2.2Na/c1-2-6(8)5-15-7(17(12,13)14)3-4-16(9,10)11;;/h6-8H,2-5H2,1H3,(H,9,10,11)(H,12,13,14);;/q;2*+1/p-2. The molecule has 2 unspecified atom stereocenters. The second-order valence-corrected chi connectivity index (χ2v) is 6.40. The third-order valence-corrected chi connectivity index (χ3v) is 3.62. The van der Waals surface area contributed by atoms with E-state index in [1.54, 1.807) is 6.92 Å². The molecule has 104 valence electrons. The summed E-state index contributed by atoms with van der Waals surface area (Å²) in [6.07, 6.45) is -1.41. The zero-order valence-corrected chi connectivity index (χ0v) is 16.7. The van der Waals surface area contributed by atoms with Crippen molar-refractivity contribution in [2.24, 2.45) is 0 Å². The van der Waals surface area contributed by atoms with Gasteiger partial charge in [-0.25, -0.2) is 16.8 Å². The van der Waals surface area contributed by atoms with E-state index in [9.17, 15) is 25.9 Å². The Hall–Kier alpha value is 1.74. The predicted molar refractivity (Wildman–Crippen MR) is 54.9 cm³/mol. The van der Waals surface area contributed by atoms with E-state index in [-0.39, 0.29) is 65.5 Å². The Kier molecular flexibility index (Phi) is 15.3. The SMILES string of the molecule is CCC(O)COC(CCS(=O)(=O)[O-])S(=O)(=O)[O-].[Na+].[Na+]. The molecule has 0 aromatic rings. The minimum Gasteiger partial charge on any atom is -0.748 e. The predicted octanol–water partition coefficient (Wildman–Crippen LogP) is -7.41. The monoisotopic (exact) mass is 336 g/mol. The van der Waals surface area contributed by atoms with Gasteiger partial charge in [-0.05, 0) is 12.8 Å². The maximum Gasteiger partial charge on any atom is 1.00 e. The summed E-state index contributed by atoms with van der Waals surface area (Å²) in [5.41, 5.74) is -1.94. The molecule has 0 bridgehead atoms. The quantitative estimate of drug-likeness (QED) is 0.340. The van der Waals surface area contributed by atoms with Crippen LogP contribution in [0.5, 0.6) is 0 Å². The third-order valence-electron chi connectivity index (χ3n) is 1.87. The minimum atomic E-state index is -4.88. The van der Waals surface area contributed by atoms with Crippen molar-refractivity contribution in [2.45, 2.75) is 31.3 Å². The van der Waals surface area contributed by atoms with Crippen molar-refractivity contribution in [1.82, 2.24) is 0 Å². The van der Waals surface area contributed by atoms with E-state index in [1.165, 1.54) is 0 Å². The van der Waals surface area contributed by atoms with Gasteiger partial charge in [0.15, 0.2) is 0 Å². The first-order valence-corrected chi connectivity index (χ1v) is 7.79. The van der Waals surface area contributed by atoms with Crippen LogP contribution < -0.4 is 59.1 Å². The van der Waals surface area contributed by atoms with Crippen molar-refractivity contribution >= 4 is 20.2 Å². The Morgan fingerprint density at radius 2 is 1.63 bits per heavy atom. The molecule has 0 spiro atoms. The number of aliphatic hydroxyl groups is 1. The van der Waals surface area contributed by atoms with Gasteiger partial charge in [-0.15, -0.1) is 0 Å². The molecule has 0 amide bonds. The van der Waals surface area contributed by atoms with E-state index in [1.807, 2.05) is 0 Å². The molecule has 0 heterocycles. The van der Waals surface area contributed by atoms with Crippen molar-refractivity contribution in [1.29, 1.82) is 0 Å². The average Bonchev–Trinajstić information content (AvgIpc) is 2.13. The van der Waals surface area contributed by atoms with Gasteiger partial charge in [-0.1, -0.05) is 6.92 Å². The van der Waals surface area contributed by atoms with E-state index >= 15 is 0 Å². The molecule has 0 saturated carbocycles. The zero-order chi connectivity index (χ0) is 13.7. The summed E-state index contributed by atoms with van der Waals surface area (Å²) in [7, 11) is -9.50. The maximum absolute atomic E-state index is 10.7. The number of hydrogen-bond donors (Lipinski definition) is 1. The van der Waals surface area contributed by atoms with Gasteiger partial charge in [-0.2, -0.15) is 0 Å². The van der Waals surface area contributed by atoms with Crippen LogP contribution >= 0.6 is 0 Å². The van der Waals surface area contributed by atoms with Crippen molar-refractivity contribution in [3.63, 3.8) is 0 Å². The molecule has 0 aliphatic rings. The van der Waals surface area contributed by atoms with E-state index in [0.29, 0.717) is 0 Å². The molecule has 0 aliphatic carbocycles. The fourth-order valence-electron chi connectivity index (χ4n) is 0.888. The molecule has 0 rings (SSSR count). The molecular formula is C7H14Na2O8S2. The van der Waals surface area contributed by atoms with Crippen LogP contribution in [0.2, 0.25) is 0 Å². The molecule has 0 fully saturated rings. The summed E-state index contributed by atoms with van der Waals surface area (Å²) in [5.74, 6) is -1.01. The van der Waals surface area contributed by atoms with E-state index in [2.05, 4.69) is 4.74 Å². The van der Waals surface area contributed by atoms with Crippen molar-refractivity contribution < 1.29 is 94.9 Å². The fraction of sp³-hybridized carbons (Fsp3) is 1.00. The second kappa shape index (κ2) is 11.3. The van der Waals surface area contributed by atoms with Crippen molar-refractivity contribution in [2.75, 3.05) is 12.4 Å². The Labute approximate surface area is 157 Å². The largest absolute Gasteiger partial charge is 1.00 e. The average molecular weight is 336 g/mol. The number of aliphatic hydroxyl groups excluding tert-OH is 1. The van der Waals surface area contributed by atoms with Gasteiger partial charge in [0.2, 0.25) is 0 Å². The van der Waals surface area contributed by atoms with Crippen LogP contribution in [0.1, 0.15) is 19.8 Å². The molecule has 0 radical (unpaired) electrons. The molecule has 0 aromatic carbocycles. The summed E-state index contributed by atoms with van der Waals surface area (Å²) in [6, 6.07) is 0. The van der Waals surface area contributed by atoms with Gasteiger partial charge in [0.1, 0.15) is 15.6 Å². The van der Waals surface area contributed by atoms with Crippen molar-refractivity contribution in [3.8, 4) is 0 Å². The van der Waals surface area contributed by atoms with Crippen molar-refractivity contribution in [3.05, 3.63) is 0 Å². The van der Waals surface area contributed by atoms with E-state index in [4.69, 9.17) is 5.11 Å². The van der Waals surface area contributed by atoms with Crippen LogP contribution in [-0.2, 0) is 25.0 Å². The number of rotatable bonds is 8. The van der Waals surface area contributed by atoms with Crippen LogP contribution in [0.15, 0.2) is 0 Å². The molecule has 0 aliphatic heterocycles. The molecular weight excluding hydrogens is 322 g/mol. The van der Waals surface area contributed by atoms with E-state index < -0.39 is 50.6 Å². The molecule has 2 atom stereocenters. The zero-order valence-electron chi connectivity index (χ0n) is 11.1. The number of hydrogen-bond acceptors (Lipinski definition) is 8. The topological polar surface area (TPSA) is 144 Å². The van der Waals surface area contributed by atoms with E-state index in [0.717, 1.165) is 0 Å². The van der Waals surface area contributed by atoms with Gasteiger partial charge < -0.3 is 18.9 Å². The summed E-state index contributed by atoms with van der Waals surface area (Å²) >= 11 is 0. The van der Waals surface area contributed by atoms with Crippen LogP contribution in [-0.4, -0.2) is 54.9 Å². The molecule has 1 N–H and O–H groups in total. The molecule has 19 heavy (non-hydrogen) atoms.